The number of furan rings is 1. The van der Waals surface area contributed by atoms with Crippen LogP contribution < -0.4 is 0 Å². The van der Waals surface area contributed by atoms with Crippen LogP contribution in [0.5, 0.6) is 0 Å². The van der Waals surface area contributed by atoms with Crippen molar-refractivity contribution in [2.24, 2.45) is 5.92 Å². The van der Waals surface area contributed by atoms with Crippen LogP contribution in [0.1, 0.15) is 30.8 Å². The van der Waals surface area contributed by atoms with Crippen LogP contribution in [-0.4, -0.2) is 61.8 Å². The van der Waals surface area contributed by atoms with Crippen LogP contribution in [0, 0.1) is 12.8 Å². The number of nitrogens with zero attached hydrogens (tertiary/aromatic N) is 2. The van der Waals surface area contributed by atoms with Crippen molar-refractivity contribution in [1.29, 1.82) is 0 Å². The molecule has 0 unspecified atom stereocenters. The van der Waals surface area contributed by atoms with Crippen LogP contribution in [0.15, 0.2) is 16.5 Å². The number of aryl methyl sites for hydroxylation is 1. The van der Waals surface area contributed by atoms with Crippen LogP contribution in [-0.2, 0) is 21.3 Å². The highest BCUT2D eigenvalue weighted by Gasteiger charge is 2.43. The van der Waals surface area contributed by atoms with Crippen LogP contribution >= 0.6 is 0 Å². The van der Waals surface area contributed by atoms with Crippen LogP contribution in [0.25, 0.3) is 0 Å². The summed E-state index contributed by atoms with van der Waals surface area (Å²) < 4.78 is 38.5. The van der Waals surface area contributed by atoms with E-state index in [0.29, 0.717) is 25.6 Å². The van der Waals surface area contributed by atoms with Gasteiger partial charge in [0.1, 0.15) is 11.5 Å². The van der Waals surface area contributed by atoms with Gasteiger partial charge in [0, 0.05) is 25.6 Å². The maximum atomic E-state index is 12.5. The molecule has 0 aromatic carbocycles. The fourth-order valence-corrected chi connectivity index (χ4v) is 5.71. The average Bonchev–Trinajstić information content (AvgIpc) is 3.35. The Morgan fingerprint density at radius 2 is 2.00 bits per heavy atom. The van der Waals surface area contributed by atoms with E-state index in [2.05, 4.69) is 4.90 Å². The topological polar surface area (TPSA) is 63.0 Å². The van der Waals surface area contributed by atoms with Gasteiger partial charge in [-0.25, -0.2) is 8.42 Å². The van der Waals surface area contributed by atoms with Crippen molar-refractivity contribution in [2.45, 2.75) is 44.1 Å². The van der Waals surface area contributed by atoms with E-state index in [1.54, 1.807) is 4.31 Å². The Bertz CT molecular complexity index is 683. The first-order chi connectivity index (χ1) is 11.5. The van der Waals surface area contributed by atoms with Gasteiger partial charge in [-0.15, -0.1) is 0 Å². The second-order valence-electron chi connectivity index (χ2n) is 7.31. The molecule has 6 nitrogen and oxygen atoms in total. The molecule has 0 spiro atoms. The summed E-state index contributed by atoms with van der Waals surface area (Å²) in [6, 6.07) is 4.02. The van der Waals surface area contributed by atoms with E-state index in [9.17, 15) is 8.42 Å². The molecule has 0 bridgehead atoms. The minimum atomic E-state index is -3.10. The van der Waals surface area contributed by atoms with E-state index >= 15 is 0 Å². The van der Waals surface area contributed by atoms with Crippen LogP contribution in [0.4, 0.5) is 0 Å². The largest absolute Gasteiger partial charge is 0.465 e. The molecule has 0 amide bonds. The summed E-state index contributed by atoms with van der Waals surface area (Å²) in [7, 11) is -3.10. The maximum Gasteiger partial charge on any atom is 0.217 e. The first kappa shape index (κ1) is 16.6. The molecule has 3 heterocycles. The van der Waals surface area contributed by atoms with E-state index in [1.165, 1.54) is 0 Å². The Morgan fingerprint density at radius 3 is 2.71 bits per heavy atom. The van der Waals surface area contributed by atoms with Crippen molar-refractivity contribution in [3.63, 3.8) is 0 Å². The lowest BCUT2D eigenvalue weighted by atomic mass is 9.93. The lowest BCUT2D eigenvalue weighted by Crippen LogP contribution is -2.47. The van der Waals surface area contributed by atoms with Gasteiger partial charge in [0.25, 0.3) is 0 Å². The number of piperidine rings is 1. The van der Waals surface area contributed by atoms with Gasteiger partial charge in [-0.05, 0) is 44.9 Å². The fraction of sp³-hybridized carbons (Fsp3) is 0.765. The molecule has 1 aliphatic carbocycles. The zero-order valence-corrected chi connectivity index (χ0v) is 15.0. The first-order valence-electron chi connectivity index (χ1n) is 8.90. The van der Waals surface area contributed by atoms with Gasteiger partial charge >= 0.3 is 0 Å². The van der Waals surface area contributed by atoms with E-state index in [-0.39, 0.29) is 11.4 Å². The van der Waals surface area contributed by atoms with Gasteiger partial charge in [-0.2, -0.15) is 4.31 Å². The predicted molar refractivity (Wildman–Crippen MR) is 90.1 cm³/mol. The summed E-state index contributed by atoms with van der Waals surface area (Å²) in [5, 5.41) is -0.128. The molecule has 1 aromatic heterocycles. The third-order valence-corrected chi connectivity index (χ3v) is 7.74. The minimum Gasteiger partial charge on any atom is -0.465 e. The third-order valence-electron chi connectivity index (χ3n) is 5.37. The second kappa shape index (κ2) is 6.44. The summed E-state index contributed by atoms with van der Waals surface area (Å²) >= 11 is 0. The monoisotopic (exact) mass is 354 g/mol. The highest BCUT2D eigenvalue weighted by molar-refractivity contribution is 7.90. The second-order valence-corrected chi connectivity index (χ2v) is 9.52. The van der Waals surface area contributed by atoms with E-state index in [1.807, 2.05) is 19.1 Å². The van der Waals surface area contributed by atoms with Crippen LogP contribution in [0.3, 0.4) is 0 Å². The molecule has 4 rings (SSSR count). The van der Waals surface area contributed by atoms with Crippen molar-refractivity contribution in [1.82, 2.24) is 9.21 Å². The van der Waals surface area contributed by atoms with Gasteiger partial charge in [0.2, 0.25) is 10.0 Å². The number of hydrogen-bond donors (Lipinski definition) is 0. The average molecular weight is 354 g/mol. The predicted octanol–water partition coefficient (Wildman–Crippen LogP) is 1.60. The molecular weight excluding hydrogens is 328 g/mol. The first-order valence-corrected chi connectivity index (χ1v) is 10.4. The molecule has 2 aliphatic heterocycles. The Balaban J connectivity index is 1.39. The number of ether oxygens (including phenoxy) is 1. The van der Waals surface area contributed by atoms with Crippen molar-refractivity contribution in [2.75, 3.05) is 32.8 Å². The molecule has 0 N–H and O–H groups in total. The summed E-state index contributed by atoms with van der Waals surface area (Å²) in [4.78, 5) is 2.35. The standard InChI is InChI=1S/C17H26N2O4S/c1-13-2-3-15(23-13)11-18-7-6-14-10-19(8-9-22-17(14)12-18)24(20,21)16-4-5-16/h2-3,14,16-17H,4-12H2,1H3/t14-,17-/m0/s1. The molecule has 1 saturated carbocycles. The molecular formula is C17H26N2O4S. The minimum absolute atomic E-state index is 0.120. The SMILES string of the molecule is Cc1ccc(CN2CC[C@H]3CN(S(=O)(=O)C4CC4)CCO[C@H]3C2)o1. The molecule has 1 aromatic rings. The quantitative estimate of drug-likeness (QED) is 0.822. The number of sulfonamides is 1. The fourth-order valence-electron chi connectivity index (χ4n) is 3.83. The zero-order valence-electron chi connectivity index (χ0n) is 14.2. The molecule has 7 heteroatoms. The highest BCUT2D eigenvalue weighted by Crippen LogP contribution is 2.33. The Morgan fingerprint density at radius 1 is 1.17 bits per heavy atom. The molecule has 0 radical (unpaired) electrons. The summed E-state index contributed by atoms with van der Waals surface area (Å²) in [5.41, 5.74) is 0. The van der Waals surface area contributed by atoms with E-state index in [4.69, 9.17) is 9.15 Å². The summed E-state index contributed by atoms with van der Waals surface area (Å²) in [5.74, 6) is 2.22. The third kappa shape index (κ3) is 3.40. The molecule has 134 valence electrons. The summed E-state index contributed by atoms with van der Waals surface area (Å²) in [6.07, 6.45) is 2.74. The Kier molecular flexibility index (Phi) is 4.45. The van der Waals surface area contributed by atoms with Crippen LogP contribution in [0.2, 0.25) is 0 Å². The number of likely N-dealkylation sites (tertiary alicyclic amines) is 1. The lowest BCUT2D eigenvalue weighted by Gasteiger charge is -2.37. The molecule has 2 saturated heterocycles. The van der Waals surface area contributed by atoms with Gasteiger partial charge < -0.3 is 9.15 Å². The van der Waals surface area contributed by atoms with E-state index < -0.39 is 10.0 Å². The van der Waals surface area contributed by atoms with E-state index in [0.717, 1.165) is 50.4 Å². The van der Waals surface area contributed by atoms with Gasteiger partial charge in [0.05, 0.1) is 24.5 Å². The molecule has 24 heavy (non-hydrogen) atoms. The molecule has 3 aliphatic rings. The Labute approximate surface area is 143 Å². The normalized spacial score (nSPS) is 30.0. The number of rotatable bonds is 4. The summed E-state index contributed by atoms with van der Waals surface area (Å²) in [6.45, 7) is 6.19. The maximum absolute atomic E-state index is 12.5. The van der Waals surface area contributed by atoms with Crippen molar-refractivity contribution < 1.29 is 17.6 Å². The van der Waals surface area contributed by atoms with Crippen molar-refractivity contribution >= 4 is 10.0 Å². The number of hydrogen-bond acceptors (Lipinski definition) is 5. The highest BCUT2D eigenvalue weighted by atomic mass is 32.2. The van der Waals surface area contributed by atoms with Gasteiger partial charge in [-0.1, -0.05) is 0 Å². The zero-order chi connectivity index (χ0) is 16.7. The number of fused-ring (bicyclic) bond motifs is 1. The van der Waals surface area contributed by atoms with Crippen molar-refractivity contribution in [3.8, 4) is 0 Å². The van der Waals surface area contributed by atoms with Gasteiger partial charge in [-0.3, -0.25) is 4.90 Å². The molecule has 2 atom stereocenters. The van der Waals surface area contributed by atoms with Crippen molar-refractivity contribution in [3.05, 3.63) is 23.7 Å². The lowest BCUT2D eigenvalue weighted by molar-refractivity contribution is -0.0255. The molecule has 3 fully saturated rings. The van der Waals surface area contributed by atoms with Gasteiger partial charge in [0.15, 0.2) is 0 Å². The Hall–Kier alpha value is -0.890. The smallest absolute Gasteiger partial charge is 0.217 e.